The smallest absolute Gasteiger partial charge is 0.166 e. The summed E-state index contributed by atoms with van der Waals surface area (Å²) in [7, 11) is 0. The van der Waals surface area contributed by atoms with Crippen LogP contribution in [-0.4, -0.2) is 6.61 Å². The first-order chi connectivity index (χ1) is 6.15. The highest BCUT2D eigenvalue weighted by atomic mass is 79.9. The van der Waals surface area contributed by atoms with Crippen LogP contribution in [0.2, 0.25) is 0 Å². The number of hydrogen-bond acceptors (Lipinski definition) is 1. The topological polar surface area (TPSA) is 9.23 Å². The Bertz CT molecular complexity index is 302. The lowest BCUT2D eigenvalue weighted by Crippen LogP contribution is -1.98. The van der Waals surface area contributed by atoms with Gasteiger partial charge in [-0.05, 0) is 28.4 Å². The molecule has 1 aromatic rings. The van der Waals surface area contributed by atoms with Crippen molar-refractivity contribution in [2.75, 3.05) is 6.61 Å². The SMILES string of the molecule is CCCOc1cc(F)c(Br)cc1F. The minimum Gasteiger partial charge on any atom is -0.490 e. The van der Waals surface area contributed by atoms with Crippen molar-refractivity contribution in [1.29, 1.82) is 0 Å². The average Bonchev–Trinajstić information content (AvgIpc) is 2.09. The molecular weight excluding hydrogens is 242 g/mol. The molecular formula is C9H9BrF2O. The molecule has 0 bridgehead atoms. The van der Waals surface area contributed by atoms with Gasteiger partial charge in [0.15, 0.2) is 11.6 Å². The molecule has 0 saturated heterocycles. The van der Waals surface area contributed by atoms with Crippen LogP contribution >= 0.6 is 15.9 Å². The average molecular weight is 251 g/mol. The molecule has 0 aliphatic carbocycles. The summed E-state index contributed by atoms with van der Waals surface area (Å²) in [6, 6.07) is 2.09. The lowest BCUT2D eigenvalue weighted by molar-refractivity contribution is 0.299. The molecule has 0 fully saturated rings. The van der Waals surface area contributed by atoms with Gasteiger partial charge in [-0.1, -0.05) is 6.92 Å². The number of halogens is 3. The maximum absolute atomic E-state index is 13.0. The van der Waals surface area contributed by atoms with Gasteiger partial charge in [-0.3, -0.25) is 0 Å². The quantitative estimate of drug-likeness (QED) is 0.747. The second-order valence-electron chi connectivity index (χ2n) is 2.55. The van der Waals surface area contributed by atoms with E-state index in [-0.39, 0.29) is 10.2 Å². The van der Waals surface area contributed by atoms with E-state index in [9.17, 15) is 8.78 Å². The second-order valence-corrected chi connectivity index (χ2v) is 3.40. The summed E-state index contributed by atoms with van der Waals surface area (Å²) < 4.78 is 31.0. The Balaban J connectivity index is 2.88. The Morgan fingerprint density at radius 3 is 2.62 bits per heavy atom. The van der Waals surface area contributed by atoms with Gasteiger partial charge in [-0.15, -0.1) is 0 Å². The predicted octanol–water partition coefficient (Wildman–Crippen LogP) is 3.52. The normalized spacial score (nSPS) is 10.2. The van der Waals surface area contributed by atoms with Crippen LogP contribution < -0.4 is 4.74 Å². The molecule has 0 spiro atoms. The van der Waals surface area contributed by atoms with Crippen LogP contribution in [0.15, 0.2) is 16.6 Å². The second kappa shape index (κ2) is 4.56. The molecule has 0 N–H and O–H groups in total. The van der Waals surface area contributed by atoms with Crippen molar-refractivity contribution in [3.8, 4) is 5.75 Å². The van der Waals surface area contributed by atoms with E-state index in [0.29, 0.717) is 6.61 Å². The van der Waals surface area contributed by atoms with Crippen LogP contribution in [0, 0.1) is 11.6 Å². The van der Waals surface area contributed by atoms with E-state index in [4.69, 9.17) is 4.74 Å². The summed E-state index contributed by atoms with van der Waals surface area (Å²) in [4.78, 5) is 0. The lowest BCUT2D eigenvalue weighted by atomic mass is 10.3. The minimum atomic E-state index is -0.554. The van der Waals surface area contributed by atoms with Gasteiger partial charge < -0.3 is 4.74 Å². The van der Waals surface area contributed by atoms with Crippen LogP contribution in [0.1, 0.15) is 13.3 Å². The minimum absolute atomic E-state index is 0.0393. The molecule has 0 saturated carbocycles. The van der Waals surface area contributed by atoms with Crippen LogP contribution in [-0.2, 0) is 0 Å². The van der Waals surface area contributed by atoms with E-state index >= 15 is 0 Å². The summed E-state index contributed by atoms with van der Waals surface area (Å²) in [5.74, 6) is -1.11. The van der Waals surface area contributed by atoms with Gasteiger partial charge in [0.25, 0.3) is 0 Å². The highest BCUT2D eigenvalue weighted by Crippen LogP contribution is 2.24. The van der Waals surface area contributed by atoms with Gasteiger partial charge in [0.05, 0.1) is 11.1 Å². The van der Waals surface area contributed by atoms with Crippen LogP contribution in [0.25, 0.3) is 0 Å². The molecule has 72 valence electrons. The van der Waals surface area contributed by atoms with Gasteiger partial charge in [0.2, 0.25) is 0 Å². The zero-order valence-electron chi connectivity index (χ0n) is 7.11. The number of benzene rings is 1. The van der Waals surface area contributed by atoms with Crippen LogP contribution in [0.4, 0.5) is 8.78 Å². The third kappa shape index (κ3) is 2.66. The largest absolute Gasteiger partial charge is 0.490 e. The summed E-state index contributed by atoms with van der Waals surface area (Å²) in [6.45, 7) is 2.28. The van der Waals surface area contributed by atoms with E-state index in [2.05, 4.69) is 15.9 Å². The van der Waals surface area contributed by atoms with Crippen molar-refractivity contribution >= 4 is 15.9 Å². The Morgan fingerprint density at radius 1 is 1.31 bits per heavy atom. The Kier molecular flexibility index (Phi) is 3.66. The molecule has 1 aromatic carbocycles. The van der Waals surface area contributed by atoms with Gasteiger partial charge in [0.1, 0.15) is 5.82 Å². The highest BCUT2D eigenvalue weighted by molar-refractivity contribution is 9.10. The molecule has 0 amide bonds. The Hall–Kier alpha value is -0.640. The van der Waals surface area contributed by atoms with E-state index in [1.54, 1.807) is 0 Å². The summed E-state index contributed by atoms with van der Waals surface area (Å²) in [5.41, 5.74) is 0. The van der Waals surface area contributed by atoms with Crippen molar-refractivity contribution in [1.82, 2.24) is 0 Å². The first-order valence-electron chi connectivity index (χ1n) is 3.92. The third-order valence-corrected chi connectivity index (χ3v) is 2.04. The molecule has 0 aliphatic heterocycles. The van der Waals surface area contributed by atoms with Gasteiger partial charge in [0, 0.05) is 6.07 Å². The fourth-order valence-electron chi connectivity index (χ4n) is 0.827. The number of rotatable bonds is 3. The number of ether oxygens (including phenoxy) is 1. The monoisotopic (exact) mass is 250 g/mol. The standard InChI is InChI=1S/C9H9BrF2O/c1-2-3-13-9-5-7(11)6(10)4-8(9)12/h4-5H,2-3H2,1H3. The van der Waals surface area contributed by atoms with E-state index in [1.807, 2.05) is 6.92 Å². The van der Waals surface area contributed by atoms with Gasteiger partial charge in [-0.2, -0.15) is 0 Å². The van der Waals surface area contributed by atoms with Crippen molar-refractivity contribution < 1.29 is 13.5 Å². The molecule has 0 unspecified atom stereocenters. The first kappa shape index (κ1) is 10.4. The van der Waals surface area contributed by atoms with E-state index in [0.717, 1.165) is 18.6 Å². The van der Waals surface area contributed by atoms with E-state index in [1.165, 1.54) is 0 Å². The molecule has 1 nitrogen and oxygen atoms in total. The fourth-order valence-corrected chi connectivity index (χ4v) is 1.14. The predicted molar refractivity (Wildman–Crippen MR) is 49.8 cm³/mol. The first-order valence-corrected chi connectivity index (χ1v) is 4.71. The summed E-state index contributed by atoms with van der Waals surface area (Å²) >= 11 is 2.88. The Morgan fingerprint density at radius 2 is 2.00 bits per heavy atom. The molecule has 0 aliphatic rings. The van der Waals surface area contributed by atoms with Crippen molar-refractivity contribution in [2.45, 2.75) is 13.3 Å². The summed E-state index contributed by atoms with van der Waals surface area (Å²) in [6.07, 6.45) is 0.761. The molecule has 0 heterocycles. The highest BCUT2D eigenvalue weighted by Gasteiger charge is 2.08. The zero-order chi connectivity index (χ0) is 9.84. The van der Waals surface area contributed by atoms with Crippen molar-refractivity contribution in [2.24, 2.45) is 0 Å². The summed E-state index contributed by atoms with van der Waals surface area (Å²) in [5, 5.41) is 0. The maximum Gasteiger partial charge on any atom is 0.166 e. The number of hydrogen-bond donors (Lipinski definition) is 0. The molecule has 0 aromatic heterocycles. The van der Waals surface area contributed by atoms with Crippen molar-refractivity contribution in [3.63, 3.8) is 0 Å². The molecule has 0 atom stereocenters. The molecule has 13 heavy (non-hydrogen) atoms. The maximum atomic E-state index is 13.0. The molecule has 0 radical (unpaired) electrons. The lowest BCUT2D eigenvalue weighted by Gasteiger charge is -2.06. The molecule has 4 heteroatoms. The van der Waals surface area contributed by atoms with E-state index < -0.39 is 11.6 Å². The van der Waals surface area contributed by atoms with Crippen LogP contribution in [0.3, 0.4) is 0 Å². The zero-order valence-corrected chi connectivity index (χ0v) is 8.70. The third-order valence-electron chi connectivity index (χ3n) is 1.44. The fraction of sp³-hybridized carbons (Fsp3) is 0.333. The van der Waals surface area contributed by atoms with Crippen LogP contribution in [0.5, 0.6) is 5.75 Å². The van der Waals surface area contributed by atoms with Gasteiger partial charge in [-0.25, -0.2) is 8.78 Å². The molecule has 1 rings (SSSR count). The van der Waals surface area contributed by atoms with Crippen molar-refractivity contribution in [3.05, 3.63) is 28.2 Å². The van der Waals surface area contributed by atoms with Gasteiger partial charge >= 0.3 is 0 Å². The Labute approximate surface area is 83.8 Å².